The molecule has 0 fully saturated rings. The van der Waals surface area contributed by atoms with Gasteiger partial charge in [0.15, 0.2) is 0 Å². The lowest BCUT2D eigenvalue weighted by Gasteiger charge is -2.28. The number of ether oxygens (including phenoxy) is 1. The minimum absolute atomic E-state index is 0.306. The van der Waals surface area contributed by atoms with Crippen molar-refractivity contribution >= 4 is 5.97 Å². The number of nitrogens with two attached hydrogens (primary N) is 1. The van der Waals surface area contributed by atoms with E-state index in [4.69, 9.17) is 10.5 Å². The van der Waals surface area contributed by atoms with E-state index in [0.29, 0.717) is 19.2 Å². The third-order valence-corrected chi connectivity index (χ3v) is 2.64. The van der Waals surface area contributed by atoms with Crippen LogP contribution in [0.1, 0.15) is 34.1 Å². The molecule has 2 N–H and O–H groups in total. The normalized spacial score (nSPS) is 15.1. The van der Waals surface area contributed by atoms with Crippen molar-refractivity contribution in [2.75, 3.05) is 19.7 Å². The van der Waals surface area contributed by atoms with E-state index in [1.54, 1.807) is 6.92 Å². The molecule has 0 bridgehead atoms. The minimum Gasteiger partial charge on any atom is -0.465 e. The molecule has 0 aliphatic carbocycles. The van der Waals surface area contributed by atoms with Gasteiger partial charge in [-0.3, -0.25) is 9.69 Å². The third-order valence-electron chi connectivity index (χ3n) is 2.64. The van der Waals surface area contributed by atoms with Crippen LogP contribution in [-0.4, -0.2) is 42.6 Å². The number of likely N-dealkylation sites (N-methyl/N-ethyl adjacent to an activating group) is 1. The van der Waals surface area contributed by atoms with Crippen molar-refractivity contribution in [2.24, 2.45) is 5.73 Å². The highest BCUT2D eigenvalue weighted by atomic mass is 16.5. The van der Waals surface area contributed by atoms with Crippen molar-refractivity contribution in [3.8, 4) is 0 Å². The first kappa shape index (κ1) is 14.4. The standard InChI is InChI=1S/C11H24N2O2/c1-5-9(4)13(6-2)8-10(12)11(14)15-7-3/h9-10H,5-8,12H2,1-4H3. The van der Waals surface area contributed by atoms with Crippen molar-refractivity contribution < 1.29 is 9.53 Å². The molecular weight excluding hydrogens is 192 g/mol. The Hall–Kier alpha value is -0.610. The molecule has 0 radical (unpaired) electrons. The molecule has 90 valence electrons. The summed E-state index contributed by atoms with van der Waals surface area (Å²) in [5, 5.41) is 0. The fourth-order valence-corrected chi connectivity index (χ4v) is 1.46. The first-order valence-corrected chi connectivity index (χ1v) is 5.72. The van der Waals surface area contributed by atoms with Gasteiger partial charge in [-0.25, -0.2) is 0 Å². The van der Waals surface area contributed by atoms with E-state index in [9.17, 15) is 4.79 Å². The lowest BCUT2D eigenvalue weighted by molar-refractivity contribution is -0.145. The molecule has 0 aromatic heterocycles. The van der Waals surface area contributed by atoms with Crippen LogP contribution in [0.3, 0.4) is 0 Å². The van der Waals surface area contributed by atoms with E-state index in [1.165, 1.54) is 0 Å². The van der Waals surface area contributed by atoms with Gasteiger partial charge in [0.05, 0.1) is 6.61 Å². The number of carbonyl (C=O) groups excluding carboxylic acids is 1. The molecule has 0 saturated carbocycles. The highest BCUT2D eigenvalue weighted by molar-refractivity contribution is 5.75. The second-order valence-corrected chi connectivity index (χ2v) is 3.70. The highest BCUT2D eigenvalue weighted by Crippen LogP contribution is 2.03. The van der Waals surface area contributed by atoms with Crippen LogP contribution in [0, 0.1) is 0 Å². The SMILES string of the molecule is CCOC(=O)C(N)CN(CC)C(C)CC. The maximum absolute atomic E-state index is 11.3. The smallest absolute Gasteiger partial charge is 0.324 e. The van der Waals surface area contributed by atoms with Crippen LogP contribution < -0.4 is 5.73 Å². The largest absolute Gasteiger partial charge is 0.465 e. The zero-order valence-electron chi connectivity index (χ0n) is 10.3. The highest BCUT2D eigenvalue weighted by Gasteiger charge is 2.20. The second kappa shape index (κ2) is 7.65. The topological polar surface area (TPSA) is 55.6 Å². The summed E-state index contributed by atoms with van der Waals surface area (Å²) in [5.41, 5.74) is 5.76. The van der Waals surface area contributed by atoms with Gasteiger partial charge in [0.25, 0.3) is 0 Å². The van der Waals surface area contributed by atoms with E-state index in [0.717, 1.165) is 13.0 Å². The average molecular weight is 216 g/mol. The van der Waals surface area contributed by atoms with Crippen molar-refractivity contribution in [1.82, 2.24) is 4.90 Å². The summed E-state index contributed by atoms with van der Waals surface area (Å²) >= 11 is 0. The predicted octanol–water partition coefficient (Wildman–Crippen LogP) is 0.997. The number of nitrogens with zero attached hydrogens (tertiary/aromatic N) is 1. The molecule has 0 amide bonds. The van der Waals surface area contributed by atoms with Crippen LogP contribution in [0.2, 0.25) is 0 Å². The molecule has 2 atom stereocenters. The van der Waals surface area contributed by atoms with Gasteiger partial charge >= 0.3 is 5.97 Å². The summed E-state index contributed by atoms with van der Waals surface area (Å²) in [6, 6.07) is -0.0747. The average Bonchev–Trinajstić information content (AvgIpc) is 2.24. The van der Waals surface area contributed by atoms with Crippen molar-refractivity contribution in [3.05, 3.63) is 0 Å². The summed E-state index contributed by atoms with van der Waals surface area (Å²) in [7, 11) is 0. The third kappa shape index (κ3) is 5.14. The number of rotatable bonds is 7. The summed E-state index contributed by atoms with van der Waals surface area (Å²) in [6.45, 7) is 10.00. The number of hydrogen-bond acceptors (Lipinski definition) is 4. The Morgan fingerprint density at radius 1 is 1.40 bits per heavy atom. The Labute approximate surface area is 92.8 Å². The Bertz CT molecular complexity index is 185. The van der Waals surface area contributed by atoms with Crippen LogP contribution in [0.4, 0.5) is 0 Å². The lowest BCUT2D eigenvalue weighted by atomic mass is 10.2. The van der Waals surface area contributed by atoms with Crippen LogP contribution in [0.5, 0.6) is 0 Å². The monoisotopic (exact) mass is 216 g/mol. The summed E-state index contributed by atoms with van der Waals surface area (Å²) in [5.74, 6) is -0.306. The van der Waals surface area contributed by atoms with Crippen LogP contribution in [0.25, 0.3) is 0 Å². The van der Waals surface area contributed by atoms with Crippen LogP contribution >= 0.6 is 0 Å². The molecule has 0 rings (SSSR count). The van der Waals surface area contributed by atoms with Gasteiger partial charge < -0.3 is 10.5 Å². The Balaban J connectivity index is 4.11. The first-order valence-electron chi connectivity index (χ1n) is 5.72. The van der Waals surface area contributed by atoms with Crippen molar-refractivity contribution in [3.63, 3.8) is 0 Å². The molecule has 0 aromatic rings. The molecule has 15 heavy (non-hydrogen) atoms. The van der Waals surface area contributed by atoms with Gasteiger partial charge in [0, 0.05) is 12.6 Å². The van der Waals surface area contributed by atoms with Crippen molar-refractivity contribution in [2.45, 2.75) is 46.2 Å². The zero-order chi connectivity index (χ0) is 11.8. The van der Waals surface area contributed by atoms with E-state index in [-0.39, 0.29) is 5.97 Å². The first-order chi connectivity index (χ1) is 7.06. The molecule has 4 heteroatoms. The number of hydrogen-bond donors (Lipinski definition) is 1. The van der Waals surface area contributed by atoms with Gasteiger partial charge in [0.1, 0.15) is 6.04 Å². The van der Waals surface area contributed by atoms with Crippen LogP contribution in [0.15, 0.2) is 0 Å². The van der Waals surface area contributed by atoms with Gasteiger partial charge in [-0.05, 0) is 26.8 Å². The Kier molecular flexibility index (Phi) is 7.34. The molecule has 0 aliphatic rings. The molecule has 0 spiro atoms. The van der Waals surface area contributed by atoms with E-state index in [1.807, 2.05) is 0 Å². The Morgan fingerprint density at radius 2 is 2.00 bits per heavy atom. The fraction of sp³-hybridized carbons (Fsp3) is 0.909. The molecule has 0 heterocycles. The summed E-state index contributed by atoms with van der Waals surface area (Å²) in [6.07, 6.45) is 1.06. The zero-order valence-corrected chi connectivity index (χ0v) is 10.3. The molecule has 0 aromatic carbocycles. The minimum atomic E-state index is -0.529. The van der Waals surface area contributed by atoms with Gasteiger partial charge in [-0.15, -0.1) is 0 Å². The second-order valence-electron chi connectivity index (χ2n) is 3.70. The fourth-order valence-electron chi connectivity index (χ4n) is 1.46. The maximum Gasteiger partial charge on any atom is 0.324 e. The van der Waals surface area contributed by atoms with E-state index in [2.05, 4.69) is 25.7 Å². The molecule has 0 aliphatic heterocycles. The summed E-state index contributed by atoms with van der Waals surface area (Å²) < 4.78 is 4.87. The number of esters is 1. The maximum atomic E-state index is 11.3. The molecule has 4 nitrogen and oxygen atoms in total. The van der Waals surface area contributed by atoms with Crippen molar-refractivity contribution in [1.29, 1.82) is 0 Å². The van der Waals surface area contributed by atoms with Gasteiger partial charge in [-0.1, -0.05) is 13.8 Å². The van der Waals surface area contributed by atoms with Gasteiger partial charge in [0.2, 0.25) is 0 Å². The number of carbonyl (C=O) groups is 1. The van der Waals surface area contributed by atoms with E-state index >= 15 is 0 Å². The molecule has 0 saturated heterocycles. The summed E-state index contributed by atoms with van der Waals surface area (Å²) in [4.78, 5) is 13.5. The van der Waals surface area contributed by atoms with E-state index < -0.39 is 6.04 Å². The predicted molar refractivity (Wildman–Crippen MR) is 61.6 cm³/mol. The Morgan fingerprint density at radius 3 is 2.40 bits per heavy atom. The molecular formula is C11H24N2O2. The lowest BCUT2D eigenvalue weighted by Crippen LogP contribution is -2.46. The molecule has 2 unspecified atom stereocenters. The van der Waals surface area contributed by atoms with Crippen LogP contribution in [-0.2, 0) is 9.53 Å². The quantitative estimate of drug-likeness (QED) is 0.645. The van der Waals surface area contributed by atoms with Gasteiger partial charge in [-0.2, -0.15) is 0 Å².